The lowest BCUT2D eigenvalue weighted by Crippen LogP contribution is -2.41. The molecular formula is C20H17N3O6. The third-order valence-corrected chi connectivity index (χ3v) is 5.94. The van der Waals surface area contributed by atoms with Gasteiger partial charge in [-0.1, -0.05) is 17.3 Å². The van der Waals surface area contributed by atoms with Gasteiger partial charge < -0.3 is 24.1 Å². The fourth-order valence-corrected chi connectivity index (χ4v) is 4.67. The highest BCUT2D eigenvalue weighted by Gasteiger charge is 2.67. The fraction of sp³-hybridized carbons (Fsp3) is 0.350. The van der Waals surface area contributed by atoms with Gasteiger partial charge in [0.25, 0.3) is 0 Å². The number of nitrogens with one attached hydrogen (secondary N) is 1. The number of carbonyl (C=O) groups excluding carboxylic acids is 2. The van der Waals surface area contributed by atoms with Crippen LogP contribution >= 0.6 is 0 Å². The molecule has 2 saturated heterocycles. The number of rotatable bonds is 3. The highest BCUT2D eigenvalue weighted by atomic mass is 16.7. The monoisotopic (exact) mass is 395 g/mol. The molecule has 4 aliphatic rings. The van der Waals surface area contributed by atoms with Crippen molar-refractivity contribution in [3.63, 3.8) is 0 Å². The van der Waals surface area contributed by atoms with Gasteiger partial charge >= 0.3 is 0 Å². The summed E-state index contributed by atoms with van der Waals surface area (Å²) in [5.74, 6) is 0.574. The lowest BCUT2D eigenvalue weighted by Gasteiger charge is -2.23. The van der Waals surface area contributed by atoms with Crippen molar-refractivity contribution in [2.75, 3.05) is 23.6 Å². The van der Waals surface area contributed by atoms with Crippen molar-refractivity contribution < 1.29 is 28.3 Å². The van der Waals surface area contributed by atoms with Crippen LogP contribution in [0.1, 0.15) is 5.76 Å². The Labute approximate surface area is 165 Å². The molecule has 0 aliphatic carbocycles. The van der Waals surface area contributed by atoms with E-state index in [1.807, 2.05) is 12.2 Å². The van der Waals surface area contributed by atoms with Crippen molar-refractivity contribution in [3.8, 4) is 11.5 Å². The van der Waals surface area contributed by atoms with Gasteiger partial charge in [0.2, 0.25) is 18.6 Å². The van der Waals surface area contributed by atoms with Crippen LogP contribution in [-0.2, 0) is 14.3 Å². The summed E-state index contributed by atoms with van der Waals surface area (Å²) >= 11 is 0. The van der Waals surface area contributed by atoms with E-state index in [0.717, 1.165) is 0 Å². The number of ether oxygens (including phenoxy) is 3. The summed E-state index contributed by atoms with van der Waals surface area (Å²) in [7, 11) is 0. The summed E-state index contributed by atoms with van der Waals surface area (Å²) in [6.45, 7) is 2.23. The first-order chi connectivity index (χ1) is 14.0. The van der Waals surface area contributed by atoms with Crippen molar-refractivity contribution in [1.29, 1.82) is 0 Å². The van der Waals surface area contributed by atoms with Crippen LogP contribution in [0, 0.1) is 18.8 Å². The molecule has 9 nitrogen and oxygen atoms in total. The molecule has 1 N–H and O–H groups in total. The Kier molecular flexibility index (Phi) is 3.21. The maximum absolute atomic E-state index is 13.2. The molecule has 148 valence electrons. The van der Waals surface area contributed by atoms with E-state index >= 15 is 0 Å². The molecule has 1 spiro atoms. The molecule has 5 heterocycles. The van der Waals surface area contributed by atoms with E-state index in [4.69, 9.17) is 18.7 Å². The molecule has 29 heavy (non-hydrogen) atoms. The van der Waals surface area contributed by atoms with Crippen molar-refractivity contribution in [3.05, 3.63) is 42.2 Å². The topological polar surface area (TPSA) is 103 Å². The zero-order valence-corrected chi connectivity index (χ0v) is 15.5. The molecule has 1 aromatic heterocycles. The molecule has 2 aromatic rings. The van der Waals surface area contributed by atoms with E-state index in [1.54, 1.807) is 31.2 Å². The number of benzene rings is 1. The van der Waals surface area contributed by atoms with Gasteiger partial charge in [0.05, 0.1) is 24.5 Å². The summed E-state index contributed by atoms with van der Waals surface area (Å²) in [5, 5.41) is 6.84. The fourth-order valence-electron chi connectivity index (χ4n) is 4.67. The lowest BCUT2D eigenvalue weighted by molar-refractivity contribution is -0.128. The van der Waals surface area contributed by atoms with Gasteiger partial charge in [-0.05, 0) is 19.1 Å². The quantitative estimate of drug-likeness (QED) is 0.788. The van der Waals surface area contributed by atoms with Crippen LogP contribution in [0.5, 0.6) is 11.5 Å². The third kappa shape index (κ3) is 2.27. The Balaban J connectivity index is 1.28. The highest BCUT2D eigenvalue weighted by Crippen LogP contribution is 2.52. The molecule has 9 heteroatoms. The van der Waals surface area contributed by atoms with Crippen LogP contribution in [0.3, 0.4) is 0 Å². The lowest BCUT2D eigenvalue weighted by atomic mass is 9.77. The van der Waals surface area contributed by atoms with E-state index in [0.29, 0.717) is 35.3 Å². The largest absolute Gasteiger partial charge is 0.454 e. The molecule has 2 fully saturated rings. The normalized spacial score (nSPS) is 30.9. The Bertz CT molecular complexity index is 1080. The minimum absolute atomic E-state index is 0.159. The zero-order valence-electron chi connectivity index (χ0n) is 15.5. The minimum Gasteiger partial charge on any atom is -0.454 e. The van der Waals surface area contributed by atoms with Gasteiger partial charge in [0.15, 0.2) is 17.3 Å². The predicted molar refractivity (Wildman–Crippen MR) is 98.5 cm³/mol. The number of amides is 2. The maximum Gasteiger partial charge on any atom is 0.235 e. The first-order valence-electron chi connectivity index (χ1n) is 9.36. The van der Waals surface area contributed by atoms with Gasteiger partial charge in [-0.15, -0.1) is 0 Å². The molecule has 2 unspecified atom stereocenters. The standard InChI is InChI=1S/C20H17N3O6/c1-10-6-15(22-29-10)23-8-20-5-4-13(28-20)16(17(20)19(23)25)18(24)21-11-2-3-12-14(7-11)27-9-26-12/h2-7,13,16-17H,8-9H2,1H3,(H,21,24)/t13-,16?,17?,20-/m0/s1. The predicted octanol–water partition coefficient (Wildman–Crippen LogP) is 1.64. The molecule has 2 bridgehead atoms. The number of fused-ring (bicyclic) bond motifs is 2. The summed E-state index contributed by atoms with van der Waals surface area (Å²) < 4.78 is 21.9. The number of aromatic nitrogens is 1. The summed E-state index contributed by atoms with van der Waals surface area (Å²) in [6, 6.07) is 6.90. The Morgan fingerprint density at radius 1 is 1.28 bits per heavy atom. The summed E-state index contributed by atoms with van der Waals surface area (Å²) in [6.07, 6.45) is 3.34. The average Bonchev–Trinajstić information content (AvgIpc) is 3.49. The van der Waals surface area contributed by atoms with E-state index in [-0.39, 0.29) is 18.6 Å². The second kappa shape index (κ2) is 5.60. The van der Waals surface area contributed by atoms with Gasteiger partial charge in [-0.2, -0.15) is 0 Å². The van der Waals surface area contributed by atoms with Gasteiger partial charge in [-0.25, -0.2) is 0 Å². The Morgan fingerprint density at radius 3 is 2.97 bits per heavy atom. The molecule has 4 aliphatic heterocycles. The van der Waals surface area contributed by atoms with Gasteiger partial charge in [0, 0.05) is 17.8 Å². The summed E-state index contributed by atoms with van der Waals surface area (Å²) in [5.41, 5.74) is -0.236. The average molecular weight is 395 g/mol. The molecular weight excluding hydrogens is 378 g/mol. The molecule has 1 aromatic carbocycles. The number of anilines is 2. The third-order valence-electron chi connectivity index (χ3n) is 5.94. The van der Waals surface area contributed by atoms with Crippen LogP contribution in [0.25, 0.3) is 0 Å². The van der Waals surface area contributed by atoms with E-state index in [9.17, 15) is 9.59 Å². The smallest absolute Gasteiger partial charge is 0.235 e. The number of aryl methyl sites for hydroxylation is 1. The molecule has 4 atom stereocenters. The van der Waals surface area contributed by atoms with E-state index in [1.165, 1.54) is 4.90 Å². The van der Waals surface area contributed by atoms with Crippen LogP contribution < -0.4 is 19.7 Å². The maximum atomic E-state index is 13.2. The minimum atomic E-state index is -0.814. The molecule has 6 rings (SSSR count). The molecule has 0 saturated carbocycles. The zero-order chi connectivity index (χ0) is 19.8. The van der Waals surface area contributed by atoms with Crippen molar-refractivity contribution in [2.24, 2.45) is 11.8 Å². The number of hydrogen-bond acceptors (Lipinski definition) is 7. The second-order valence-corrected chi connectivity index (χ2v) is 7.68. The van der Waals surface area contributed by atoms with Crippen LogP contribution in [-0.4, -0.2) is 42.0 Å². The summed E-state index contributed by atoms with van der Waals surface area (Å²) in [4.78, 5) is 27.9. The SMILES string of the molecule is Cc1cc(N2C[C@]34C=C[C@H](O3)C(C(=O)Nc3ccc5c(c3)OCO5)C4C2=O)no1. The highest BCUT2D eigenvalue weighted by molar-refractivity contribution is 6.05. The first kappa shape index (κ1) is 16.6. The molecule has 2 amide bonds. The Morgan fingerprint density at radius 2 is 2.14 bits per heavy atom. The first-order valence-corrected chi connectivity index (χ1v) is 9.36. The molecule has 0 radical (unpaired) electrons. The van der Waals surface area contributed by atoms with Gasteiger partial charge in [-0.3, -0.25) is 14.5 Å². The second-order valence-electron chi connectivity index (χ2n) is 7.68. The van der Waals surface area contributed by atoms with Crippen LogP contribution in [0.15, 0.2) is 40.9 Å². The van der Waals surface area contributed by atoms with Crippen molar-refractivity contribution in [2.45, 2.75) is 18.6 Å². The number of hydrogen-bond donors (Lipinski definition) is 1. The van der Waals surface area contributed by atoms with E-state index < -0.39 is 23.5 Å². The van der Waals surface area contributed by atoms with Crippen LogP contribution in [0.4, 0.5) is 11.5 Å². The Hall–Kier alpha value is -3.33. The van der Waals surface area contributed by atoms with Gasteiger partial charge in [0.1, 0.15) is 11.4 Å². The number of nitrogens with zero attached hydrogens (tertiary/aromatic N) is 2. The van der Waals surface area contributed by atoms with Crippen LogP contribution in [0.2, 0.25) is 0 Å². The van der Waals surface area contributed by atoms with Crippen molar-refractivity contribution in [1.82, 2.24) is 5.16 Å². The van der Waals surface area contributed by atoms with E-state index in [2.05, 4.69) is 10.5 Å². The van der Waals surface area contributed by atoms with Crippen molar-refractivity contribution >= 4 is 23.3 Å². The number of carbonyl (C=O) groups is 2.